The molecule has 0 saturated carbocycles. The monoisotopic (exact) mass is 236 g/mol. The highest BCUT2D eigenvalue weighted by molar-refractivity contribution is 5.80. The first-order valence-corrected chi connectivity index (χ1v) is 5.80. The van der Waals surface area contributed by atoms with Crippen molar-refractivity contribution >= 4 is 10.9 Å². The fourth-order valence-corrected chi connectivity index (χ4v) is 2.03. The first-order chi connectivity index (χ1) is 8.74. The van der Waals surface area contributed by atoms with Gasteiger partial charge in [0.25, 0.3) is 0 Å². The Bertz CT molecular complexity index is 775. The van der Waals surface area contributed by atoms with Gasteiger partial charge in [0.1, 0.15) is 0 Å². The second kappa shape index (κ2) is 4.11. The molecule has 0 aliphatic rings. The Labute approximate surface area is 104 Å². The molecule has 3 nitrogen and oxygen atoms in total. The van der Waals surface area contributed by atoms with Crippen LogP contribution in [0.15, 0.2) is 53.3 Å². The van der Waals surface area contributed by atoms with Gasteiger partial charge in [-0.1, -0.05) is 18.2 Å². The van der Waals surface area contributed by atoms with E-state index in [0.717, 1.165) is 22.6 Å². The summed E-state index contributed by atoms with van der Waals surface area (Å²) in [5, 5.41) is 0.703. The molecule has 0 radical (unpaired) electrons. The van der Waals surface area contributed by atoms with Crippen molar-refractivity contribution < 1.29 is 0 Å². The molecule has 0 amide bonds. The first kappa shape index (κ1) is 10.7. The molecule has 1 aromatic carbocycles. The van der Waals surface area contributed by atoms with E-state index >= 15 is 0 Å². The van der Waals surface area contributed by atoms with Crippen molar-refractivity contribution in [3.8, 4) is 11.4 Å². The number of aromatic nitrogens is 2. The molecule has 0 spiro atoms. The third-order valence-electron chi connectivity index (χ3n) is 2.90. The van der Waals surface area contributed by atoms with Crippen molar-refractivity contribution in [2.75, 3.05) is 0 Å². The van der Waals surface area contributed by atoms with Crippen LogP contribution in [0.3, 0.4) is 0 Å². The lowest BCUT2D eigenvalue weighted by atomic mass is 10.1. The topological polar surface area (TPSA) is 45.8 Å². The standard InChI is InChI=1S/C15H12N2O/c1-10-5-4-8-13(16-10)14-9-15(18)11-6-2-3-7-12(11)17-14/h2-9H,1H3,(H,17,18). The second-order valence-corrected chi connectivity index (χ2v) is 4.26. The van der Waals surface area contributed by atoms with Crippen LogP contribution < -0.4 is 5.43 Å². The highest BCUT2D eigenvalue weighted by atomic mass is 16.1. The number of para-hydroxylation sites is 1. The van der Waals surface area contributed by atoms with Crippen LogP contribution in [0.2, 0.25) is 0 Å². The summed E-state index contributed by atoms with van der Waals surface area (Å²) in [5.41, 5.74) is 3.33. The molecule has 88 valence electrons. The quantitative estimate of drug-likeness (QED) is 0.706. The molecule has 1 N–H and O–H groups in total. The number of aromatic amines is 1. The summed E-state index contributed by atoms with van der Waals surface area (Å²) >= 11 is 0. The maximum absolute atomic E-state index is 12.0. The van der Waals surface area contributed by atoms with Crippen LogP contribution in [0.25, 0.3) is 22.3 Å². The number of pyridine rings is 2. The minimum atomic E-state index is 0.0163. The fourth-order valence-electron chi connectivity index (χ4n) is 2.03. The van der Waals surface area contributed by atoms with Crippen molar-refractivity contribution in [2.24, 2.45) is 0 Å². The molecule has 2 aromatic heterocycles. The molecule has 0 aliphatic carbocycles. The Hall–Kier alpha value is -2.42. The summed E-state index contributed by atoms with van der Waals surface area (Å²) in [4.78, 5) is 19.7. The third kappa shape index (κ3) is 1.80. The van der Waals surface area contributed by atoms with Gasteiger partial charge in [0, 0.05) is 22.7 Å². The van der Waals surface area contributed by atoms with Gasteiger partial charge in [-0.3, -0.25) is 9.78 Å². The Morgan fingerprint density at radius 2 is 1.89 bits per heavy atom. The number of nitrogens with zero attached hydrogens (tertiary/aromatic N) is 1. The van der Waals surface area contributed by atoms with Crippen LogP contribution in [-0.2, 0) is 0 Å². The van der Waals surface area contributed by atoms with Crippen molar-refractivity contribution in [2.45, 2.75) is 6.92 Å². The van der Waals surface area contributed by atoms with Gasteiger partial charge < -0.3 is 4.98 Å². The van der Waals surface area contributed by atoms with E-state index in [2.05, 4.69) is 9.97 Å². The van der Waals surface area contributed by atoms with Crippen molar-refractivity contribution in [3.63, 3.8) is 0 Å². The molecule has 0 unspecified atom stereocenters. The van der Waals surface area contributed by atoms with E-state index in [4.69, 9.17) is 0 Å². The highest BCUT2D eigenvalue weighted by Crippen LogP contribution is 2.16. The molecule has 3 rings (SSSR count). The minimum absolute atomic E-state index is 0.0163. The Morgan fingerprint density at radius 1 is 1.06 bits per heavy atom. The molecule has 0 bridgehead atoms. The summed E-state index contributed by atoms with van der Waals surface area (Å²) in [5.74, 6) is 0. The number of hydrogen-bond donors (Lipinski definition) is 1. The van der Waals surface area contributed by atoms with E-state index in [1.54, 1.807) is 6.07 Å². The van der Waals surface area contributed by atoms with Crippen molar-refractivity contribution in [1.29, 1.82) is 0 Å². The molecule has 0 fully saturated rings. The van der Waals surface area contributed by atoms with Crippen LogP contribution in [0.5, 0.6) is 0 Å². The van der Waals surface area contributed by atoms with Gasteiger partial charge in [0.05, 0.1) is 11.4 Å². The van der Waals surface area contributed by atoms with Crippen LogP contribution in [0, 0.1) is 6.92 Å². The zero-order valence-corrected chi connectivity index (χ0v) is 9.97. The maximum Gasteiger partial charge on any atom is 0.190 e. The predicted octanol–water partition coefficient (Wildman–Crippen LogP) is 2.90. The Morgan fingerprint density at radius 3 is 2.72 bits per heavy atom. The number of fused-ring (bicyclic) bond motifs is 1. The van der Waals surface area contributed by atoms with Gasteiger partial charge in [-0.05, 0) is 31.2 Å². The SMILES string of the molecule is Cc1cccc(-c2cc(=O)c3ccccc3[nH]2)n1. The molecular formula is C15H12N2O. The minimum Gasteiger partial charge on any atom is -0.353 e. The van der Waals surface area contributed by atoms with Gasteiger partial charge in [-0.2, -0.15) is 0 Å². The lowest BCUT2D eigenvalue weighted by Gasteiger charge is -2.04. The molecular weight excluding hydrogens is 224 g/mol. The Kier molecular flexibility index (Phi) is 2.45. The van der Waals surface area contributed by atoms with E-state index in [9.17, 15) is 4.79 Å². The number of benzene rings is 1. The number of nitrogens with one attached hydrogen (secondary N) is 1. The van der Waals surface area contributed by atoms with E-state index in [-0.39, 0.29) is 5.43 Å². The maximum atomic E-state index is 12.0. The summed E-state index contributed by atoms with van der Waals surface area (Å²) in [6.07, 6.45) is 0. The van der Waals surface area contributed by atoms with Gasteiger partial charge >= 0.3 is 0 Å². The van der Waals surface area contributed by atoms with Gasteiger partial charge in [-0.15, -0.1) is 0 Å². The summed E-state index contributed by atoms with van der Waals surface area (Å²) in [7, 11) is 0. The average molecular weight is 236 g/mol. The largest absolute Gasteiger partial charge is 0.353 e. The molecule has 2 heterocycles. The summed E-state index contributed by atoms with van der Waals surface area (Å²) in [6.45, 7) is 1.93. The molecule has 0 aliphatic heterocycles. The van der Waals surface area contributed by atoms with Gasteiger partial charge in [0.2, 0.25) is 0 Å². The smallest absolute Gasteiger partial charge is 0.190 e. The van der Waals surface area contributed by atoms with Crippen LogP contribution in [0.1, 0.15) is 5.69 Å². The molecule has 0 atom stereocenters. The molecule has 0 saturated heterocycles. The lowest BCUT2D eigenvalue weighted by molar-refractivity contribution is 1.18. The zero-order chi connectivity index (χ0) is 12.5. The molecule has 18 heavy (non-hydrogen) atoms. The molecule has 3 heteroatoms. The number of hydrogen-bond acceptors (Lipinski definition) is 2. The van der Waals surface area contributed by atoms with E-state index in [1.165, 1.54) is 0 Å². The molecule has 3 aromatic rings. The van der Waals surface area contributed by atoms with Crippen LogP contribution in [-0.4, -0.2) is 9.97 Å². The van der Waals surface area contributed by atoms with Crippen molar-refractivity contribution in [3.05, 3.63) is 64.4 Å². The summed E-state index contributed by atoms with van der Waals surface area (Å²) in [6, 6.07) is 14.9. The summed E-state index contributed by atoms with van der Waals surface area (Å²) < 4.78 is 0. The average Bonchev–Trinajstić information content (AvgIpc) is 2.39. The lowest BCUT2D eigenvalue weighted by Crippen LogP contribution is -2.03. The zero-order valence-electron chi connectivity index (χ0n) is 9.97. The normalized spacial score (nSPS) is 10.7. The number of H-pyrrole nitrogens is 1. The van der Waals surface area contributed by atoms with Crippen LogP contribution >= 0.6 is 0 Å². The first-order valence-electron chi connectivity index (χ1n) is 5.80. The predicted molar refractivity (Wildman–Crippen MR) is 72.5 cm³/mol. The number of aryl methyl sites for hydroxylation is 1. The van der Waals surface area contributed by atoms with E-state index in [1.807, 2.05) is 49.4 Å². The van der Waals surface area contributed by atoms with Gasteiger partial charge in [-0.25, -0.2) is 0 Å². The van der Waals surface area contributed by atoms with Crippen molar-refractivity contribution in [1.82, 2.24) is 9.97 Å². The fraction of sp³-hybridized carbons (Fsp3) is 0.0667. The van der Waals surface area contributed by atoms with Crippen LogP contribution in [0.4, 0.5) is 0 Å². The Balaban J connectivity index is 2.28. The van der Waals surface area contributed by atoms with Gasteiger partial charge in [0.15, 0.2) is 5.43 Å². The van der Waals surface area contributed by atoms with E-state index in [0.29, 0.717) is 5.39 Å². The third-order valence-corrected chi connectivity index (χ3v) is 2.90. The van der Waals surface area contributed by atoms with E-state index < -0.39 is 0 Å². The highest BCUT2D eigenvalue weighted by Gasteiger charge is 2.04. The number of rotatable bonds is 1. The second-order valence-electron chi connectivity index (χ2n) is 4.26.